The summed E-state index contributed by atoms with van der Waals surface area (Å²) in [5.74, 6) is 0.0239. The molecule has 5 atom stereocenters. The summed E-state index contributed by atoms with van der Waals surface area (Å²) in [5, 5.41) is 40.4. The number of hydrogen-bond donors (Lipinski definition) is 4. The number of aromatic nitrogens is 4. The van der Waals surface area contributed by atoms with Crippen LogP contribution in [0.25, 0.3) is 21.7 Å². The van der Waals surface area contributed by atoms with E-state index in [2.05, 4.69) is 40.8 Å². The van der Waals surface area contributed by atoms with Crippen LogP contribution in [0.3, 0.4) is 0 Å². The molecular weight excluding hydrogens is 759 g/mol. The number of anilines is 2. The van der Waals surface area contributed by atoms with Crippen LogP contribution in [0.15, 0.2) is 70.7 Å². The summed E-state index contributed by atoms with van der Waals surface area (Å²) in [6, 6.07) is 17.9. The number of carbonyl (C=O) groups is 2. The normalized spacial score (nSPS) is 20.3. The monoisotopic (exact) mass is 807 g/mol. The van der Waals surface area contributed by atoms with Crippen LogP contribution in [-0.2, 0) is 9.59 Å². The molecule has 3 aromatic heterocycles. The van der Waals surface area contributed by atoms with Crippen molar-refractivity contribution >= 4 is 34.7 Å². The van der Waals surface area contributed by atoms with E-state index in [1.165, 1.54) is 4.90 Å². The second-order valence-electron chi connectivity index (χ2n) is 15.7. The van der Waals surface area contributed by atoms with E-state index in [0.717, 1.165) is 59.4 Å². The Bertz CT molecular complexity index is 2250. The van der Waals surface area contributed by atoms with Crippen molar-refractivity contribution in [3.63, 3.8) is 0 Å². The molecule has 0 unspecified atom stereocenters. The average Bonchev–Trinajstić information content (AvgIpc) is 3.97. The topological polar surface area (TPSA) is 182 Å². The number of para-hydroxylation sites is 1. The third-order valence-corrected chi connectivity index (χ3v) is 12.4. The summed E-state index contributed by atoms with van der Waals surface area (Å²) in [5.41, 5.74) is 7.04. The van der Waals surface area contributed by atoms with E-state index in [1.54, 1.807) is 29.5 Å². The first-order valence-corrected chi connectivity index (χ1v) is 20.7. The molecule has 3 aliphatic heterocycles. The van der Waals surface area contributed by atoms with E-state index in [4.69, 9.17) is 9.26 Å². The van der Waals surface area contributed by atoms with E-state index in [0.29, 0.717) is 30.2 Å². The summed E-state index contributed by atoms with van der Waals surface area (Å²) < 4.78 is 11.7. The van der Waals surface area contributed by atoms with Gasteiger partial charge in [0.05, 0.1) is 45.7 Å². The lowest BCUT2D eigenvalue weighted by Crippen LogP contribution is -2.58. The Labute approximate surface area is 341 Å². The molecule has 2 aromatic carbocycles. The lowest BCUT2D eigenvalue weighted by molar-refractivity contribution is -0.141. The second kappa shape index (κ2) is 16.7. The van der Waals surface area contributed by atoms with Gasteiger partial charge in [0.2, 0.25) is 11.8 Å². The van der Waals surface area contributed by atoms with Gasteiger partial charge in [0.1, 0.15) is 24.3 Å². The SMILES string of the molecule is Cc1ncsc1-c1ccc([C@H](C)NC(=O)[C@@H]2C[C@@H](O)CN2C(=O)[C@@H](c2cc(OCCN3CCN4c5cc(-c6ccccc6O)nnc5NC[C@@H]4C3)no2)C(C)C)cc1. The van der Waals surface area contributed by atoms with Crippen LogP contribution in [0.2, 0.25) is 0 Å². The number of rotatable bonds is 12. The van der Waals surface area contributed by atoms with Crippen LogP contribution in [-0.4, -0.2) is 116 Å². The molecule has 15 nitrogen and oxygen atoms in total. The molecule has 16 heteroatoms. The van der Waals surface area contributed by atoms with Gasteiger partial charge in [0.25, 0.3) is 5.88 Å². The third kappa shape index (κ3) is 8.08. The highest BCUT2D eigenvalue weighted by molar-refractivity contribution is 7.13. The van der Waals surface area contributed by atoms with Crippen molar-refractivity contribution in [2.24, 2.45) is 5.92 Å². The fraction of sp³-hybridized carbons (Fsp3) is 0.429. The second-order valence-corrected chi connectivity index (χ2v) is 16.5. The number of phenols is 1. The van der Waals surface area contributed by atoms with Gasteiger partial charge in [-0.25, -0.2) is 4.98 Å². The van der Waals surface area contributed by atoms with Crippen LogP contribution in [0, 0.1) is 12.8 Å². The molecule has 2 fully saturated rings. The molecule has 0 radical (unpaired) electrons. The number of amides is 2. The van der Waals surface area contributed by atoms with Crippen molar-refractivity contribution in [2.45, 2.75) is 64.3 Å². The molecule has 5 aromatic rings. The Morgan fingerprint density at radius 2 is 1.88 bits per heavy atom. The van der Waals surface area contributed by atoms with Gasteiger partial charge in [0.15, 0.2) is 11.6 Å². The van der Waals surface area contributed by atoms with Gasteiger partial charge in [0, 0.05) is 57.3 Å². The van der Waals surface area contributed by atoms with Gasteiger partial charge in [-0.15, -0.1) is 21.5 Å². The molecule has 0 bridgehead atoms. The van der Waals surface area contributed by atoms with Gasteiger partial charge in [-0.05, 0) is 54.2 Å². The standard InChI is InChI=1S/C42H49N9O6S/c1-24(2)38(42(55)51-22-30(52)17-34(51)41(54)45-25(3)27-9-11-28(12-10-27)39-26(4)44-23-58-39)36-19-37(48-57-36)56-16-15-49-13-14-50-29(21-49)20-43-40-33(50)18-32(46-47-40)31-7-5-6-8-35(31)53/h5-12,18-19,23-25,29-30,34,38,52-53H,13-17,20-22H2,1-4H3,(H,43,47)(H,45,54)/t25-,29+,30+,34-,38+/m0/s1. The number of hydrogen-bond acceptors (Lipinski definition) is 14. The highest BCUT2D eigenvalue weighted by Crippen LogP contribution is 2.37. The maximum Gasteiger partial charge on any atom is 0.254 e. The summed E-state index contributed by atoms with van der Waals surface area (Å²) >= 11 is 1.59. The first-order chi connectivity index (χ1) is 28.0. The minimum Gasteiger partial charge on any atom is -0.507 e. The smallest absolute Gasteiger partial charge is 0.254 e. The highest BCUT2D eigenvalue weighted by Gasteiger charge is 2.43. The Morgan fingerprint density at radius 3 is 2.64 bits per heavy atom. The van der Waals surface area contributed by atoms with Crippen LogP contribution in [0.4, 0.5) is 11.5 Å². The number of likely N-dealkylation sites (tertiary alicyclic amines) is 1. The zero-order valence-electron chi connectivity index (χ0n) is 33.0. The number of aliphatic hydroxyl groups excluding tert-OH is 1. The summed E-state index contributed by atoms with van der Waals surface area (Å²) in [7, 11) is 0. The van der Waals surface area contributed by atoms with Crippen LogP contribution in [0.1, 0.15) is 56.2 Å². The number of nitrogens with one attached hydrogen (secondary N) is 2. The van der Waals surface area contributed by atoms with Gasteiger partial charge in [-0.3, -0.25) is 14.5 Å². The van der Waals surface area contributed by atoms with E-state index >= 15 is 0 Å². The van der Waals surface area contributed by atoms with E-state index in [9.17, 15) is 19.8 Å². The number of aliphatic hydroxyl groups is 1. The zero-order chi connectivity index (χ0) is 40.5. The summed E-state index contributed by atoms with van der Waals surface area (Å²) in [6.07, 6.45) is -0.677. The zero-order valence-corrected chi connectivity index (χ0v) is 33.9. The molecule has 4 N–H and O–H groups in total. The Hall–Kier alpha value is -5.58. The minimum atomic E-state index is -0.829. The quantitative estimate of drug-likeness (QED) is 0.135. The number of ether oxygens (including phenoxy) is 1. The maximum absolute atomic E-state index is 14.2. The first-order valence-electron chi connectivity index (χ1n) is 19.8. The Morgan fingerprint density at radius 1 is 1.07 bits per heavy atom. The molecule has 0 spiro atoms. The molecule has 0 saturated carbocycles. The molecule has 8 rings (SSSR count). The molecule has 0 aliphatic carbocycles. The lowest BCUT2D eigenvalue weighted by Gasteiger charge is -2.45. The van der Waals surface area contributed by atoms with Crippen LogP contribution in [0.5, 0.6) is 11.6 Å². The first kappa shape index (κ1) is 39.3. The molecule has 58 heavy (non-hydrogen) atoms. The van der Waals surface area contributed by atoms with Gasteiger partial charge >= 0.3 is 0 Å². The highest BCUT2D eigenvalue weighted by atomic mass is 32.1. The molecule has 304 valence electrons. The van der Waals surface area contributed by atoms with Crippen molar-refractivity contribution in [3.05, 3.63) is 83.2 Å². The van der Waals surface area contributed by atoms with E-state index in [-0.39, 0.29) is 54.4 Å². The number of piperazine rings is 1. The Kier molecular flexibility index (Phi) is 11.3. The fourth-order valence-electron chi connectivity index (χ4n) is 8.26. The number of phenolic OH excluding ortho intramolecular Hbond substituents is 1. The number of fused-ring (bicyclic) bond motifs is 3. The van der Waals surface area contributed by atoms with E-state index in [1.807, 2.05) is 75.7 Å². The number of aromatic hydroxyl groups is 1. The number of thiazole rings is 1. The van der Waals surface area contributed by atoms with Crippen molar-refractivity contribution in [1.82, 2.24) is 35.5 Å². The maximum atomic E-state index is 14.2. The Balaban J connectivity index is 0.855. The predicted octanol–water partition coefficient (Wildman–Crippen LogP) is 4.84. The van der Waals surface area contributed by atoms with E-state index < -0.39 is 18.1 Å². The van der Waals surface area contributed by atoms with Crippen molar-refractivity contribution in [2.75, 3.05) is 56.1 Å². The van der Waals surface area contributed by atoms with Gasteiger partial charge < -0.3 is 39.9 Å². The number of aryl methyl sites for hydroxylation is 1. The molecular formula is C42H49N9O6S. The minimum absolute atomic E-state index is 0.0510. The third-order valence-electron chi connectivity index (χ3n) is 11.4. The average molecular weight is 808 g/mol. The number of carbonyl (C=O) groups excluding carboxylic acids is 2. The fourth-order valence-corrected chi connectivity index (χ4v) is 9.07. The molecule has 6 heterocycles. The van der Waals surface area contributed by atoms with Crippen LogP contribution < -0.4 is 20.3 Å². The molecule has 3 aliphatic rings. The summed E-state index contributed by atoms with van der Waals surface area (Å²) in [4.78, 5) is 39.5. The molecule has 2 saturated heterocycles. The largest absolute Gasteiger partial charge is 0.507 e. The van der Waals surface area contributed by atoms with Gasteiger partial charge in [-0.2, -0.15) is 0 Å². The lowest BCUT2D eigenvalue weighted by atomic mass is 9.91. The van der Waals surface area contributed by atoms with Crippen molar-refractivity contribution in [1.29, 1.82) is 0 Å². The number of nitrogens with zero attached hydrogens (tertiary/aromatic N) is 7. The van der Waals surface area contributed by atoms with Crippen LogP contribution >= 0.6 is 11.3 Å². The summed E-state index contributed by atoms with van der Waals surface area (Å²) in [6.45, 7) is 12.0. The van der Waals surface area contributed by atoms with Gasteiger partial charge in [-0.1, -0.05) is 50.2 Å². The number of β-amino-alcohol motifs (C(OH)–C–C–N with tert-alkyl or cyclic N) is 1. The predicted molar refractivity (Wildman–Crippen MR) is 220 cm³/mol. The molecule has 2 amide bonds. The number of benzene rings is 2. The van der Waals surface area contributed by atoms with Crippen molar-refractivity contribution in [3.8, 4) is 33.3 Å². The van der Waals surface area contributed by atoms with Crippen molar-refractivity contribution < 1.29 is 29.1 Å².